The van der Waals surface area contributed by atoms with Gasteiger partial charge in [-0.3, -0.25) is 0 Å². The lowest BCUT2D eigenvalue weighted by atomic mass is 10.1. The number of anilines is 2. The molecule has 21 heavy (non-hydrogen) atoms. The van der Waals surface area contributed by atoms with Crippen molar-refractivity contribution < 1.29 is 5.11 Å². The van der Waals surface area contributed by atoms with Crippen molar-refractivity contribution in [3.05, 3.63) is 59.7 Å². The van der Waals surface area contributed by atoms with Crippen molar-refractivity contribution in [2.45, 2.75) is 25.4 Å². The van der Waals surface area contributed by atoms with Gasteiger partial charge in [-0.2, -0.15) is 0 Å². The average molecular weight is 282 g/mol. The Kier molecular flexibility index (Phi) is 4.11. The fourth-order valence-electron chi connectivity index (χ4n) is 3.08. The molecule has 0 saturated heterocycles. The molecule has 1 heterocycles. The number of benzene rings is 2. The van der Waals surface area contributed by atoms with Crippen LogP contribution >= 0.6 is 0 Å². The first-order valence-corrected chi connectivity index (χ1v) is 7.61. The van der Waals surface area contributed by atoms with Gasteiger partial charge in [-0.25, -0.2) is 0 Å². The second kappa shape index (κ2) is 6.19. The first-order chi connectivity index (χ1) is 10.3. The Balaban J connectivity index is 1.83. The van der Waals surface area contributed by atoms with Crippen molar-refractivity contribution in [2.75, 3.05) is 23.7 Å². The number of aliphatic hydroxyl groups is 1. The second-order valence-electron chi connectivity index (χ2n) is 5.68. The van der Waals surface area contributed by atoms with Gasteiger partial charge in [0.05, 0.1) is 6.10 Å². The molecule has 3 heteroatoms. The summed E-state index contributed by atoms with van der Waals surface area (Å²) in [6.07, 6.45) is 2.93. The van der Waals surface area contributed by atoms with Crippen molar-refractivity contribution in [1.82, 2.24) is 0 Å². The number of nitrogens with zero attached hydrogens (tertiary/aromatic N) is 1. The van der Waals surface area contributed by atoms with Crippen molar-refractivity contribution in [1.29, 1.82) is 0 Å². The van der Waals surface area contributed by atoms with Crippen molar-refractivity contribution >= 4 is 11.4 Å². The van der Waals surface area contributed by atoms with Crippen LogP contribution in [0, 0.1) is 0 Å². The molecule has 1 unspecified atom stereocenters. The van der Waals surface area contributed by atoms with E-state index in [1.807, 2.05) is 24.3 Å². The van der Waals surface area contributed by atoms with Crippen LogP contribution in [-0.2, 0) is 6.42 Å². The van der Waals surface area contributed by atoms with Gasteiger partial charge in [0.15, 0.2) is 0 Å². The summed E-state index contributed by atoms with van der Waals surface area (Å²) < 4.78 is 0. The number of fused-ring (bicyclic) bond motifs is 1. The van der Waals surface area contributed by atoms with E-state index in [0.29, 0.717) is 12.2 Å². The van der Waals surface area contributed by atoms with Crippen molar-refractivity contribution in [3.8, 4) is 0 Å². The largest absolute Gasteiger partial charge is 0.398 e. The van der Waals surface area contributed by atoms with Crippen LogP contribution in [0.15, 0.2) is 48.5 Å². The molecular weight excluding hydrogens is 260 g/mol. The van der Waals surface area contributed by atoms with Crippen LogP contribution in [0.3, 0.4) is 0 Å². The van der Waals surface area contributed by atoms with Gasteiger partial charge < -0.3 is 15.7 Å². The van der Waals surface area contributed by atoms with Crippen LogP contribution in [0.5, 0.6) is 0 Å². The monoisotopic (exact) mass is 282 g/mol. The summed E-state index contributed by atoms with van der Waals surface area (Å²) in [5, 5.41) is 10.5. The Morgan fingerprint density at radius 1 is 1.05 bits per heavy atom. The predicted octanol–water partition coefficient (Wildman–Crippen LogP) is 3.15. The van der Waals surface area contributed by atoms with Gasteiger partial charge in [-0.1, -0.05) is 36.4 Å². The second-order valence-corrected chi connectivity index (χ2v) is 5.68. The number of β-amino-alcohol motifs (C(OH)–C–C–N with tert-alkyl or cyclic N) is 1. The number of nitrogens with two attached hydrogens (primary N) is 1. The summed E-state index contributed by atoms with van der Waals surface area (Å²) in [6.45, 7) is 1.58. The lowest BCUT2D eigenvalue weighted by molar-refractivity contribution is 0.184. The minimum atomic E-state index is -0.558. The highest BCUT2D eigenvalue weighted by Gasteiger charge is 2.19. The van der Waals surface area contributed by atoms with Gasteiger partial charge in [0.1, 0.15) is 0 Å². The highest BCUT2D eigenvalue weighted by Crippen LogP contribution is 2.29. The molecule has 3 nitrogen and oxygen atoms in total. The van der Waals surface area contributed by atoms with Crippen LogP contribution < -0.4 is 10.6 Å². The number of nitrogen functional groups attached to an aromatic ring is 1. The number of aryl methyl sites for hydroxylation is 1. The zero-order valence-corrected chi connectivity index (χ0v) is 12.2. The molecule has 0 aromatic heterocycles. The summed E-state index contributed by atoms with van der Waals surface area (Å²) in [4.78, 5) is 2.29. The number of hydrogen-bond donors (Lipinski definition) is 2. The van der Waals surface area contributed by atoms with E-state index in [1.54, 1.807) is 0 Å². The zero-order chi connectivity index (χ0) is 14.7. The molecule has 2 aromatic rings. The van der Waals surface area contributed by atoms with E-state index in [1.165, 1.54) is 17.7 Å². The minimum absolute atomic E-state index is 0.558. The van der Waals surface area contributed by atoms with E-state index in [0.717, 1.165) is 24.9 Å². The molecule has 1 aliphatic heterocycles. The molecule has 0 fully saturated rings. The van der Waals surface area contributed by atoms with Gasteiger partial charge in [-0.15, -0.1) is 0 Å². The van der Waals surface area contributed by atoms with Gasteiger partial charge in [-0.05, 0) is 37.0 Å². The van der Waals surface area contributed by atoms with E-state index in [9.17, 15) is 5.11 Å². The molecule has 3 N–H and O–H groups in total. The smallest absolute Gasteiger partial charge is 0.0984 e. The fraction of sp³-hybridized carbons (Fsp3) is 0.333. The third kappa shape index (κ3) is 3.03. The fourth-order valence-corrected chi connectivity index (χ4v) is 3.08. The Hall–Kier alpha value is -2.00. The average Bonchev–Trinajstić information content (AvgIpc) is 2.70. The molecule has 2 aromatic carbocycles. The van der Waals surface area contributed by atoms with Gasteiger partial charge in [0.2, 0.25) is 0 Å². The third-order valence-electron chi connectivity index (χ3n) is 4.20. The van der Waals surface area contributed by atoms with Gasteiger partial charge >= 0.3 is 0 Å². The summed E-state index contributed by atoms with van der Waals surface area (Å²) in [5.41, 5.74) is 10.1. The highest BCUT2D eigenvalue weighted by molar-refractivity contribution is 5.55. The molecule has 1 aliphatic rings. The maximum atomic E-state index is 10.5. The van der Waals surface area contributed by atoms with Crippen molar-refractivity contribution in [3.63, 3.8) is 0 Å². The highest BCUT2D eigenvalue weighted by atomic mass is 16.3. The van der Waals surface area contributed by atoms with Crippen LogP contribution in [0.2, 0.25) is 0 Å². The molecule has 0 amide bonds. The van der Waals surface area contributed by atoms with Gasteiger partial charge in [0, 0.05) is 30.0 Å². The normalized spacial score (nSPS) is 16.1. The lowest BCUT2D eigenvalue weighted by Crippen LogP contribution is -2.29. The molecule has 0 aliphatic carbocycles. The Bertz CT molecular complexity index is 612. The maximum absolute atomic E-state index is 10.5. The predicted molar refractivity (Wildman–Crippen MR) is 87.4 cm³/mol. The summed E-state index contributed by atoms with van der Waals surface area (Å²) in [6, 6.07) is 16.1. The molecule has 3 rings (SSSR count). The first kappa shape index (κ1) is 14.0. The quantitative estimate of drug-likeness (QED) is 0.850. The van der Waals surface area contributed by atoms with E-state index in [-0.39, 0.29) is 0 Å². The molecular formula is C18H22N2O. The van der Waals surface area contributed by atoms with E-state index in [4.69, 9.17) is 5.73 Å². The number of hydrogen-bond acceptors (Lipinski definition) is 3. The Morgan fingerprint density at radius 3 is 2.67 bits per heavy atom. The number of aliphatic hydroxyl groups excluding tert-OH is 1. The molecule has 0 radical (unpaired) electrons. The van der Waals surface area contributed by atoms with Crippen molar-refractivity contribution in [2.24, 2.45) is 0 Å². The molecule has 110 valence electrons. The topological polar surface area (TPSA) is 49.5 Å². The Morgan fingerprint density at radius 2 is 1.81 bits per heavy atom. The minimum Gasteiger partial charge on any atom is -0.398 e. The molecule has 0 saturated carbocycles. The van der Waals surface area contributed by atoms with Gasteiger partial charge in [0.25, 0.3) is 0 Å². The summed E-state index contributed by atoms with van der Waals surface area (Å²) >= 11 is 0. The summed E-state index contributed by atoms with van der Waals surface area (Å²) in [7, 11) is 0. The zero-order valence-electron chi connectivity index (χ0n) is 12.2. The van der Waals surface area contributed by atoms with Crippen LogP contribution in [-0.4, -0.2) is 18.2 Å². The van der Waals surface area contributed by atoms with Crippen LogP contribution in [0.1, 0.15) is 30.1 Å². The van der Waals surface area contributed by atoms with E-state index >= 15 is 0 Å². The number of para-hydroxylation sites is 2. The number of rotatable bonds is 3. The summed E-state index contributed by atoms with van der Waals surface area (Å²) in [5.74, 6) is 0. The van der Waals surface area contributed by atoms with Crippen LogP contribution in [0.25, 0.3) is 0 Å². The third-order valence-corrected chi connectivity index (χ3v) is 4.20. The lowest BCUT2D eigenvalue weighted by Gasteiger charge is -2.28. The standard InChI is InChI=1S/C18H22N2O/c19-16-10-3-2-9-15(16)18(21)13-20-12-6-5-8-14-7-1-4-11-17(14)20/h1-4,7,9-11,18,21H,5-6,8,12-13,19H2. The maximum Gasteiger partial charge on any atom is 0.0984 e. The van der Waals surface area contributed by atoms with E-state index in [2.05, 4.69) is 29.2 Å². The van der Waals surface area contributed by atoms with E-state index < -0.39 is 6.10 Å². The Labute approximate surface area is 126 Å². The molecule has 1 atom stereocenters. The molecule has 0 spiro atoms. The van der Waals surface area contributed by atoms with Crippen LogP contribution in [0.4, 0.5) is 11.4 Å². The SMILES string of the molecule is Nc1ccccc1C(O)CN1CCCCc2ccccc21. The molecule has 0 bridgehead atoms. The first-order valence-electron chi connectivity index (χ1n) is 7.61.